The molecule has 10 N–H and O–H groups in total. The molecule has 14 heteroatoms. The van der Waals surface area contributed by atoms with Gasteiger partial charge in [-0.3, -0.25) is 19.2 Å². The second-order valence-electron chi connectivity index (χ2n) is 9.20. The van der Waals surface area contributed by atoms with Gasteiger partial charge in [-0.2, -0.15) is 0 Å². The average molecular weight is 529 g/mol. The van der Waals surface area contributed by atoms with Gasteiger partial charge in [0, 0.05) is 6.04 Å². The van der Waals surface area contributed by atoms with Gasteiger partial charge in [-0.05, 0) is 24.2 Å². The van der Waals surface area contributed by atoms with Crippen LogP contribution in [0.2, 0.25) is 0 Å². The van der Waals surface area contributed by atoms with Crippen LogP contribution in [-0.2, 0) is 24.0 Å². The number of hydrogen-bond donors (Lipinski definition) is 7. The molecule has 0 fully saturated rings. The SMILES string of the molecule is CC(C)C[C@@H](N)[C@H](O)C(=O)N[C@H](C(=O)N[C@H](C(=O)N[C@@H](CC(=O)O)C(=O)O)C(C)C)C(C)C.Cl.O. The molecule has 0 saturated heterocycles. The fraction of sp³-hybridized carbons (Fsp3) is 0.762. The molecule has 0 aliphatic heterocycles. The van der Waals surface area contributed by atoms with Crippen molar-refractivity contribution in [2.24, 2.45) is 23.5 Å². The van der Waals surface area contributed by atoms with E-state index in [1.807, 2.05) is 13.8 Å². The molecule has 3 amide bonds. The molecule has 0 unspecified atom stereocenters. The highest BCUT2D eigenvalue weighted by Gasteiger charge is 2.34. The topological polar surface area (TPSA) is 240 Å². The lowest BCUT2D eigenvalue weighted by molar-refractivity contribution is -0.147. The van der Waals surface area contributed by atoms with Gasteiger partial charge in [-0.1, -0.05) is 41.5 Å². The summed E-state index contributed by atoms with van der Waals surface area (Å²) in [5, 5.41) is 35.2. The third-order valence-corrected chi connectivity index (χ3v) is 4.90. The summed E-state index contributed by atoms with van der Waals surface area (Å²) < 4.78 is 0. The lowest BCUT2D eigenvalue weighted by atomic mass is 9.97. The molecule has 0 aromatic rings. The summed E-state index contributed by atoms with van der Waals surface area (Å²) in [6.07, 6.45) is -1.97. The Morgan fingerprint density at radius 3 is 1.51 bits per heavy atom. The molecule has 35 heavy (non-hydrogen) atoms. The van der Waals surface area contributed by atoms with Gasteiger partial charge in [0.05, 0.1) is 6.42 Å². The van der Waals surface area contributed by atoms with E-state index < -0.39 is 78.2 Å². The molecule has 0 aliphatic carbocycles. The lowest BCUT2D eigenvalue weighted by Gasteiger charge is -2.29. The van der Waals surface area contributed by atoms with Crippen LogP contribution in [0.4, 0.5) is 0 Å². The second kappa shape index (κ2) is 17.0. The number of amides is 3. The highest BCUT2D eigenvalue weighted by molar-refractivity contribution is 5.94. The summed E-state index contributed by atoms with van der Waals surface area (Å²) in [4.78, 5) is 60.0. The van der Waals surface area contributed by atoms with Crippen molar-refractivity contribution in [3.63, 3.8) is 0 Å². The van der Waals surface area contributed by atoms with E-state index in [4.69, 9.17) is 15.9 Å². The molecule has 0 bridgehead atoms. The molecule has 0 rings (SSSR count). The van der Waals surface area contributed by atoms with Gasteiger partial charge in [-0.25, -0.2) is 4.79 Å². The van der Waals surface area contributed by atoms with Crippen molar-refractivity contribution < 1.29 is 44.8 Å². The van der Waals surface area contributed by atoms with E-state index in [1.165, 1.54) is 0 Å². The molecule has 0 aromatic heterocycles. The third-order valence-electron chi connectivity index (χ3n) is 4.90. The first-order valence-electron chi connectivity index (χ1n) is 10.9. The summed E-state index contributed by atoms with van der Waals surface area (Å²) in [6, 6.07) is -4.80. The van der Waals surface area contributed by atoms with Crippen LogP contribution in [0, 0.1) is 17.8 Å². The molecule has 0 aromatic carbocycles. The molecule has 0 heterocycles. The van der Waals surface area contributed by atoms with Crippen molar-refractivity contribution in [1.82, 2.24) is 16.0 Å². The van der Waals surface area contributed by atoms with Crippen LogP contribution >= 0.6 is 12.4 Å². The number of carboxylic acid groups (broad SMARTS) is 2. The predicted molar refractivity (Wildman–Crippen MR) is 130 cm³/mol. The van der Waals surface area contributed by atoms with Crippen molar-refractivity contribution in [2.75, 3.05) is 0 Å². The molecule has 0 radical (unpaired) electrons. The summed E-state index contributed by atoms with van der Waals surface area (Å²) in [6.45, 7) is 10.3. The van der Waals surface area contributed by atoms with E-state index in [0.717, 1.165) is 0 Å². The van der Waals surface area contributed by atoms with Crippen LogP contribution in [0.5, 0.6) is 0 Å². The number of nitrogens with two attached hydrogens (primary N) is 1. The minimum absolute atomic E-state index is 0. The summed E-state index contributed by atoms with van der Waals surface area (Å²) in [5.74, 6) is -6.12. The van der Waals surface area contributed by atoms with Gasteiger partial charge in [-0.15, -0.1) is 12.4 Å². The Balaban J connectivity index is -0.00000512. The fourth-order valence-corrected chi connectivity index (χ4v) is 3.06. The fourth-order valence-electron chi connectivity index (χ4n) is 3.06. The maximum Gasteiger partial charge on any atom is 0.326 e. The molecule has 0 spiro atoms. The predicted octanol–water partition coefficient (Wildman–Crippen LogP) is -1.36. The first kappa shape index (κ1) is 37.1. The Labute approximate surface area is 211 Å². The van der Waals surface area contributed by atoms with Crippen molar-refractivity contribution in [3.8, 4) is 0 Å². The zero-order valence-electron chi connectivity index (χ0n) is 20.9. The minimum Gasteiger partial charge on any atom is -0.481 e. The first-order valence-corrected chi connectivity index (χ1v) is 10.9. The number of carbonyl (C=O) groups is 5. The monoisotopic (exact) mass is 528 g/mol. The largest absolute Gasteiger partial charge is 0.481 e. The van der Waals surface area contributed by atoms with Crippen molar-refractivity contribution >= 4 is 42.1 Å². The number of aliphatic hydroxyl groups excluding tert-OH is 1. The normalized spacial score (nSPS) is 15.1. The lowest BCUT2D eigenvalue weighted by Crippen LogP contribution is -2.60. The number of aliphatic carboxylic acids is 2. The number of hydrogen-bond acceptors (Lipinski definition) is 7. The van der Waals surface area contributed by atoms with Crippen LogP contribution in [0.15, 0.2) is 0 Å². The maximum absolute atomic E-state index is 12.9. The summed E-state index contributed by atoms with van der Waals surface area (Å²) in [5.41, 5.74) is 5.86. The molecule has 5 atom stereocenters. The Hall–Kier alpha value is -2.48. The van der Waals surface area contributed by atoms with Crippen LogP contribution in [0.25, 0.3) is 0 Å². The van der Waals surface area contributed by atoms with Crippen molar-refractivity contribution in [2.45, 2.75) is 84.7 Å². The molecule has 0 aliphatic rings. The highest BCUT2D eigenvalue weighted by atomic mass is 35.5. The van der Waals surface area contributed by atoms with E-state index in [0.29, 0.717) is 6.42 Å². The van der Waals surface area contributed by atoms with Crippen molar-refractivity contribution in [1.29, 1.82) is 0 Å². The second-order valence-corrected chi connectivity index (χ2v) is 9.20. The number of rotatable bonds is 14. The molecule has 0 saturated carbocycles. The number of halogens is 1. The van der Waals surface area contributed by atoms with Gasteiger partial charge >= 0.3 is 11.9 Å². The van der Waals surface area contributed by atoms with Gasteiger partial charge < -0.3 is 42.5 Å². The first-order chi connectivity index (χ1) is 15.1. The molecule has 13 nitrogen and oxygen atoms in total. The van der Waals surface area contributed by atoms with E-state index in [2.05, 4.69) is 16.0 Å². The highest BCUT2D eigenvalue weighted by Crippen LogP contribution is 2.10. The Bertz CT molecular complexity index is 719. The van der Waals surface area contributed by atoms with E-state index in [-0.39, 0.29) is 23.8 Å². The number of nitrogens with one attached hydrogen (secondary N) is 3. The zero-order chi connectivity index (χ0) is 26.0. The smallest absolute Gasteiger partial charge is 0.326 e. The maximum atomic E-state index is 12.9. The van der Waals surface area contributed by atoms with Crippen LogP contribution in [-0.4, -0.2) is 80.7 Å². The molecular formula is C21H41ClN4O9. The number of carboxylic acids is 2. The Morgan fingerprint density at radius 2 is 1.17 bits per heavy atom. The van der Waals surface area contributed by atoms with Crippen LogP contribution in [0.1, 0.15) is 54.4 Å². The van der Waals surface area contributed by atoms with Gasteiger partial charge in [0.15, 0.2) is 0 Å². The van der Waals surface area contributed by atoms with E-state index in [9.17, 15) is 29.1 Å². The Kier molecular flexibility index (Phi) is 18.0. The Morgan fingerprint density at radius 1 is 0.771 bits per heavy atom. The van der Waals surface area contributed by atoms with Gasteiger partial charge in [0.2, 0.25) is 11.8 Å². The van der Waals surface area contributed by atoms with Crippen molar-refractivity contribution in [3.05, 3.63) is 0 Å². The van der Waals surface area contributed by atoms with Gasteiger partial charge in [0.25, 0.3) is 5.91 Å². The number of carbonyl (C=O) groups excluding carboxylic acids is 3. The average Bonchev–Trinajstić information content (AvgIpc) is 2.66. The molecular weight excluding hydrogens is 488 g/mol. The minimum atomic E-state index is -1.67. The summed E-state index contributed by atoms with van der Waals surface area (Å²) in [7, 11) is 0. The van der Waals surface area contributed by atoms with Crippen LogP contribution < -0.4 is 21.7 Å². The van der Waals surface area contributed by atoms with Crippen LogP contribution in [0.3, 0.4) is 0 Å². The van der Waals surface area contributed by atoms with E-state index in [1.54, 1.807) is 27.7 Å². The van der Waals surface area contributed by atoms with E-state index >= 15 is 0 Å². The zero-order valence-corrected chi connectivity index (χ0v) is 21.7. The third kappa shape index (κ3) is 13.3. The molecule has 206 valence electrons. The van der Waals surface area contributed by atoms with Gasteiger partial charge in [0.1, 0.15) is 24.2 Å². The standard InChI is InChI=1S/C21H38N4O8.ClH.H2O/c1-9(2)7-12(22)17(28)20(31)25-16(11(5)6)19(30)24-15(10(3)4)18(29)23-13(21(32)33)8-14(26)27;;/h9-13,15-17,28H,7-8,22H2,1-6H3,(H,23,29)(H,24,30)(H,25,31)(H,26,27)(H,32,33);1H;1H2/t12-,13+,15+,16+,17+;;/m1../s1. The number of aliphatic hydroxyl groups is 1. The quantitative estimate of drug-likeness (QED) is 0.140. The summed E-state index contributed by atoms with van der Waals surface area (Å²) >= 11 is 0.